The molecule has 5 nitrogen and oxygen atoms in total. The second kappa shape index (κ2) is 12.5. The second-order valence-corrected chi connectivity index (χ2v) is 9.66. The van der Waals surface area contributed by atoms with Crippen molar-refractivity contribution in [3.63, 3.8) is 0 Å². The molecule has 0 aliphatic carbocycles. The quantitative estimate of drug-likeness (QED) is 0.370. The van der Waals surface area contributed by atoms with Crippen molar-refractivity contribution in [2.45, 2.75) is 46.7 Å². The third-order valence-corrected chi connectivity index (χ3v) is 6.53. The first-order valence-electron chi connectivity index (χ1n) is 11.8. The van der Waals surface area contributed by atoms with Crippen molar-refractivity contribution in [1.82, 2.24) is 10.2 Å². The van der Waals surface area contributed by atoms with Gasteiger partial charge in [-0.2, -0.15) is 0 Å². The monoisotopic (exact) mass is 536 g/mol. The lowest BCUT2D eigenvalue weighted by molar-refractivity contribution is -0.142. The van der Waals surface area contributed by atoms with Crippen LogP contribution in [0.1, 0.15) is 34.7 Å². The normalized spacial score (nSPS) is 11.6. The molecule has 3 rings (SSSR count). The van der Waals surface area contributed by atoms with E-state index in [1.54, 1.807) is 4.90 Å². The van der Waals surface area contributed by atoms with Gasteiger partial charge in [0, 0.05) is 24.0 Å². The van der Waals surface area contributed by atoms with Gasteiger partial charge in [0.15, 0.2) is 6.61 Å². The number of hydrogen-bond acceptors (Lipinski definition) is 3. The molecule has 0 aliphatic heterocycles. The molecule has 0 radical (unpaired) electrons. The molecule has 0 saturated heterocycles. The minimum atomic E-state index is -0.669. The fourth-order valence-electron chi connectivity index (χ4n) is 4.01. The number of nitrogens with one attached hydrogen (secondary N) is 1. The maximum Gasteiger partial charge on any atom is 0.261 e. The van der Waals surface area contributed by atoms with E-state index in [1.165, 1.54) is 0 Å². The highest BCUT2D eigenvalue weighted by molar-refractivity contribution is 9.10. The predicted octanol–water partition coefficient (Wildman–Crippen LogP) is 5.53. The first-order valence-corrected chi connectivity index (χ1v) is 12.6. The summed E-state index contributed by atoms with van der Waals surface area (Å²) < 4.78 is 6.96. The van der Waals surface area contributed by atoms with Crippen LogP contribution in [0, 0.1) is 20.8 Å². The average Bonchev–Trinajstić information content (AvgIpc) is 2.84. The number of hydrogen-bond donors (Lipinski definition) is 1. The number of halogens is 1. The average molecular weight is 537 g/mol. The summed E-state index contributed by atoms with van der Waals surface area (Å²) in [6, 6.07) is 20.9. The van der Waals surface area contributed by atoms with Gasteiger partial charge in [0.05, 0.1) is 0 Å². The number of carbonyl (C=O) groups is 2. The first kappa shape index (κ1) is 26.5. The molecular formula is C29H33BrN2O3. The Labute approximate surface area is 216 Å². The van der Waals surface area contributed by atoms with E-state index in [1.807, 2.05) is 88.4 Å². The van der Waals surface area contributed by atoms with Gasteiger partial charge in [-0.05, 0) is 73.7 Å². The Balaban J connectivity index is 1.91. The number of benzene rings is 3. The minimum absolute atomic E-state index is 0.148. The maximum atomic E-state index is 13.6. The Morgan fingerprint density at radius 2 is 1.66 bits per heavy atom. The second-order valence-electron chi connectivity index (χ2n) is 8.74. The Bertz CT molecular complexity index is 1150. The molecule has 0 heterocycles. The summed E-state index contributed by atoms with van der Waals surface area (Å²) in [5, 5.41) is 2.91. The molecule has 0 unspecified atom stereocenters. The number of carbonyl (C=O) groups excluding carboxylic acids is 2. The number of aryl methyl sites for hydroxylation is 2. The fourth-order valence-corrected chi connectivity index (χ4v) is 4.27. The number of rotatable bonds is 10. The molecule has 0 spiro atoms. The summed E-state index contributed by atoms with van der Waals surface area (Å²) in [6.07, 6.45) is 0.414. The molecule has 0 fully saturated rings. The zero-order valence-electron chi connectivity index (χ0n) is 20.8. The Kier molecular flexibility index (Phi) is 9.49. The van der Waals surface area contributed by atoms with E-state index in [0.717, 1.165) is 32.3 Å². The maximum absolute atomic E-state index is 13.6. The number of amides is 2. The zero-order chi connectivity index (χ0) is 25.4. The highest BCUT2D eigenvalue weighted by Gasteiger charge is 2.30. The van der Waals surface area contributed by atoms with Crippen LogP contribution in [0.3, 0.4) is 0 Å². The highest BCUT2D eigenvalue weighted by Crippen LogP contribution is 2.24. The molecule has 3 aromatic carbocycles. The summed E-state index contributed by atoms with van der Waals surface area (Å²) in [5.74, 6) is 0.278. The van der Waals surface area contributed by atoms with E-state index < -0.39 is 6.04 Å². The SMILES string of the molecule is CCNC(=O)[C@H](Cc1ccccc1)N(Cc1ccc(Br)cc1)C(=O)COc1cc(C)cc(C)c1C. The van der Waals surface area contributed by atoms with Crippen LogP contribution in [0.4, 0.5) is 0 Å². The van der Waals surface area contributed by atoms with Gasteiger partial charge in [-0.25, -0.2) is 0 Å². The fraction of sp³-hybridized carbons (Fsp3) is 0.310. The van der Waals surface area contributed by atoms with Crippen molar-refractivity contribution < 1.29 is 14.3 Å². The topological polar surface area (TPSA) is 58.6 Å². The summed E-state index contributed by atoms with van der Waals surface area (Å²) in [5.41, 5.74) is 5.12. The van der Waals surface area contributed by atoms with Crippen LogP contribution < -0.4 is 10.1 Å². The van der Waals surface area contributed by atoms with Crippen LogP contribution in [0.15, 0.2) is 71.2 Å². The lowest BCUT2D eigenvalue weighted by Gasteiger charge is -2.31. The Morgan fingerprint density at radius 3 is 2.31 bits per heavy atom. The van der Waals surface area contributed by atoms with E-state index in [0.29, 0.717) is 25.3 Å². The van der Waals surface area contributed by atoms with Gasteiger partial charge in [0.1, 0.15) is 11.8 Å². The lowest BCUT2D eigenvalue weighted by atomic mass is 10.0. The molecule has 2 amide bonds. The van der Waals surface area contributed by atoms with Crippen molar-refractivity contribution >= 4 is 27.7 Å². The number of ether oxygens (including phenoxy) is 1. The Hall–Kier alpha value is -3.12. The molecule has 35 heavy (non-hydrogen) atoms. The molecule has 6 heteroatoms. The van der Waals surface area contributed by atoms with Crippen LogP contribution in [0.5, 0.6) is 5.75 Å². The third kappa shape index (κ3) is 7.43. The molecule has 0 aromatic heterocycles. The van der Waals surface area contributed by atoms with Crippen LogP contribution in [-0.2, 0) is 22.6 Å². The van der Waals surface area contributed by atoms with Gasteiger partial charge in [0.25, 0.3) is 5.91 Å². The van der Waals surface area contributed by atoms with Gasteiger partial charge in [0.2, 0.25) is 5.91 Å². The van der Waals surface area contributed by atoms with Crippen LogP contribution >= 0.6 is 15.9 Å². The summed E-state index contributed by atoms with van der Waals surface area (Å²) in [6.45, 7) is 8.54. The number of likely N-dealkylation sites (N-methyl/N-ethyl adjacent to an activating group) is 1. The van der Waals surface area contributed by atoms with Crippen LogP contribution in [0.25, 0.3) is 0 Å². The molecule has 0 bridgehead atoms. The van der Waals surface area contributed by atoms with Crippen molar-refractivity contribution in [1.29, 1.82) is 0 Å². The molecule has 184 valence electrons. The standard InChI is InChI=1S/C29H33BrN2O3/c1-5-31-29(34)26(17-23-9-7-6-8-10-23)32(18-24-11-13-25(30)14-12-24)28(33)19-35-27-16-20(2)15-21(3)22(27)4/h6-16,26H,5,17-19H2,1-4H3,(H,31,34)/t26-/m0/s1. The van der Waals surface area contributed by atoms with E-state index in [-0.39, 0.29) is 18.4 Å². The van der Waals surface area contributed by atoms with Crippen molar-refractivity contribution in [3.8, 4) is 5.75 Å². The summed E-state index contributed by atoms with van der Waals surface area (Å²) in [7, 11) is 0. The lowest BCUT2D eigenvalue weighted by Crippen LogP contribution is -2.51. The van der Waals surface area contributed by atoms with E-state index in [9.17, 15) is 9.59 Å². The minimum Gasteiger partial charge on any atom is -0.483 e. The predicted molar refractivity (Wildman–Crippen MR) is 143 cm³/mol. The summed E-state index contributed by atoms with van der Waals surface area (Å²) in [4.78, 5) is 28.5. The van der Waals surface area contributed by atoms with Gasteiger partial charge in [-0.15, -0.1) is 0 Å². The van der Waals surface area contributed by atoms with Crippen molar-refractivity contribution in [3.05, 3.63) is 99.0 Å². The van der Waals surface area contributed by atoms with Gasteiger partial charge in [-0.1, -0.05) is 64.5 Å². The Morgan fingerprint density at radius 1 is 0.971 bits per heavy atom. The molecule has 1 atom stereocenters. The molecule has 3 aromatic rings. The molecule has 0 saturated carbocycles. The zero-order valence-corrected chi connectivity index (χ0v) is 22.4. The highest BCUT2D eigenvalue weighted by atomic mass is 79.9. The van der Waals surface area contributed by atoms with E-state index >= 15 is 0 Å². The van der Waals surface area contributed by atoms with Crippen LogP contribution in [0.2, 0.25) is 0 Å². The van der Waals surface area contributed by atoms with Gasteiger partial charge in [-0.3, -0.25) is 9.59 Å². The van der Waals surface area contributed by atoms with E-state index in [2.05, 4.69) is 27.3 Å². The summed E-state index contributed by atoms with van der Waals surface area (Å²) >= 11 is 3.46. The van der Waals surface area contributed by atoms with Crippen LogP contribution in [-0.4, -0.2) is 35.9 Å². The van der Waals surface area contributed by atoms with Gasteiger partial charge >= 0.3 is 0 Å². The molecule has 1 N–H and O–H groups in total. The number of nitrogens with zero attached hydrogens (tertiary/aromatic N) is 1. The first-order chi connectivity index (χ1) is 16.8. The van der Waals surface area contributed by atoms with Crippen molar-refractivity contribution in [2.24, 2.45) is 0 Å². The third-order valence-electron chi connectivity index (χ3n) is 6.00. The molecule has 0 aliphatic rings. The van der Waals surface area contributed by atoms with Crippen molar-refractivity contribution in [2.75, 3.05) is 13.2 Å². The largest absolute Gasteiger partial charge is 0.483 e. The van der Waals surface area contributed by atoms with E-state index in [4.69, 9.17) is 4.74 Å². The smallest absolute Gasteiger partial charge is 0.261 e. The van der Waals surface area contributed by atoms with Gasteiger partial charge < -0.3 is 15.0 Å². The molecular weight excluding hydrogens is 504 g/mol.